The molecule has 4 rings (SSSR count). The molecule has 9 heteroatoms. The molecule has 1 fully saturated rings. The summed E-state index contributed by atoms with van der Waals surface area (Å²) in [6, 6.07) is 7.58. The topological polar surface area (TPSA) is 95.6 Å². The van der Waals surface area contributed by atoms with Crippen molar-refractivity contribution >= 4 is 28.6 Å². The van der Waals surface area contributed by atoms with Crippen LogP contribution >= 0.6 is 0 Å². The Morgan fingerprint density at radius 3 is 2.87 bits per heavy atom. The zero-order valence-corrected chi connectivity index (χ0v) is 18.3. The molecule has 0 aliphatic carbocycles. The minimum Gasteiger partial charge on any atom is -0.495 e. The van der Waals surface area contributed by atoms with Gasteiger partial charge in [0.25, 0.3) is 5.91 Å². The fraction of sp³-hybridized carbons (Fsp3) is 0.409. The maximum absolute atomic E-state index is 13.0. The first-order valence-electron chi connectivity index (χ1n) is 10.4. The number of fused-ring (bicyclic) bond motifs is 1. The Kier molecular flexibility index (Phi) is 5.94. The van der Waals surface area contributed by atoms with Crippen molar-refractivity contribution in [1.29, 1.82) is 0 Å². The third-order valence-electron chi connectivity index (χ3n) is 5.60. The van der Waals surface area contributed by atoms with Crippen molar-refractivity contribution in [2.24, 2.45) is 0 Å². The maximum Gasteiger partial charge on any atom is 0.254 e. The first kappa shape index (κ1) is 20.9. The summed E-state index contributed by atoms with van der Waals surface area (Å²) in [5.74, 6) is 1.43. The molecule has 0 unspecified atom stereocenters. The summed E-state index contributed by atoms with van der Waals surface area (Å²) in [5.41, 5.74) is 1.94. The van der Waals surface area contributed by atoms with E-state index in [4.69, 9.17) is 9.47 Å². The van der Waals surface area contributed by atoms with Crippen LogP contribution in [0.4, 0.5) is 11.6 Å². The number of aromatic nitrogens is 3. The van der Waals surface area contributed by atoms with Crippen molar-refractivity contribution < 1.29 is 14.3 Å². The van der Waals surface area contributed by atoms with E-state index >= 15 is 0 Å². The molecule has 9 nitrogen and oxygen atoms in total. The summed E-state index contributed by atoms with van der Waals surface area (Å²) in [6.45, 7) is 6.83. The Morgan fingerprint density at radius 1 is 1.29 bits per heavy atom. The molecule has 0 spiro atoms. The summed E-state index contributed by atoms with van der Waals surface area (Å²) >= 11 is 0. The molecule has 1 aliphatic rings. The van der Waals surface area contributed by atoms with Crippen molar-refractivity contribution in [3.63, 3.8) is 0 Å². The molecule has 2 N–H and O–H groups in total. The van der Waals surface area contributed by atoms with Gasteiger partial charge in [-0.05, 0) is 45.2 Å². The van der Waals surface area contributed by atoms with Crippen molar-refractivity contribution in [3.05, 3.63) is 36.0 Å². The number of aromatic amines is 1. The Morgan fingerprint density at radius 2 is 2.13 bits per heavy atom. The molecular weight excluding hydrogens is 396 g/mol. The number of hydrogen-bond donors (Lipinski definition) is 2. The van der Waals surface area contributed by atoms with E-state index in [0.29, 0.717) is 60.2 Å². The highest BCUT2D eigenvalue weighted by atomic mass is 16.5. The Hall–Kier alpha value is -3.33. The van der Waals surface area contributed by atoms with Crippen LogP contribution in [0.2, 0.25) is 0 Å². The first-order valence-corrected chi connectivity index (χ1v) is 10.4. The van der Waals surface area contributed by atoms with Crippen LogP contribution in [0, 0.1) is 0 Å². The predicted molar refractivity (Wildman–Crippen MR) is 119 cm³/mol. The molecule has 1 amide bonds. The van der Waals surface area contributed by atoms with Crippen LogP contribution in [0.25, 0.3) is 11.0 Å². The number of benzene rings is 1. The molecule has 2 aromatic heterocycles. The Labute approximate surface area is 181 Å². The van der Waals surface area contributed by atoms with Crippen molar-refractivity contribution in [1.82, 2.24) is 24.8 Å². The summed E-state index contributed by atoms with van der Waals surface area (Å²) in [7, 11) is 3.66. The van der Waals surface area contributed by atoms with Gasteiger partial charge in [-0.2, -0.15) is 9.97 Å². The van der Waals surface area contributed by atoms with Gasteiger partial charge in [-0.1, -0.05) is 0 Å². The van der Waals surface area contributed by atoms with Gasteiger partial charge < -0.3 is 29.6 Å². The third-order valence-corrected chi connectivity index (χ3v) is 5.60. The van der Waals surface area contributed by atoms with Gasteiger partial charge in [-0.25, -0.2) is 0 Å². The lowest BCUT2D eigenvalue weighted by molar-refractivity contribution is 0.0572. The van der Waals surface area contributed by atoms with Gasteiger partial charge in [-0.15, -0.1) is 0 Å². The van der Waals surface area contributed by atoms with Crippen LogP contribution in [0.3, 0.4) is 0 Å². The van der Waals surface area contributed by atoms with Gasteiger partial charge in [0.15, 0.2) is 0 Å². The zero-order valence-electron chi connectivity index (χ0n) is 18.3. The number of rotatable bonds is 6. The highest BCUT2D eigenvalue weighted by Gasteiger charge is 2.25. The molecule has 0 bridgehead atoms. The van der Waals surface area contributed by atoms with E-state index < -0.39 is 0 Å². The largest absolute Gasteiger partial charge is 0.495 e. The van der Waals surface area contributed by atoms with Gasteiger partial charge in [-0.3, -0.25) is 4.79 Å². The fourth-order valence-corrected chi connectivity index (χ4v) is 3.68. The standard InChI is InChI=1S/C22H28N6O3/c1-5-31-20-16-8-9-23-19(16)25-22(26-20)24-17-7-6-15(12-18(17)30-4)21(29)28-11-10-27(3)14(2)13-28/h6-9,12,14H,5,10-11,13H2,1-4H3,(H2,23,24,25,26)/t14-/m1/s1. The summed E-state index contributed by atoms with van der Waals surface area (Å²) in [6.07, 6.45) is 1.80. The Bertz CT molecular complexity index is 1080. The second-order valence-corrected chi connectivity index (χ2v) is 7.65. The minimum absolute atomic E-state index is 0.00693. The summed E-state index contributed by atoms with van der Waals surface area (Å²) in [5, 5.41) is 4.00. The number of nitrogens with zero attached hydrogens (tertiary/aromatic N) is 4. The molecule has 3 heterocycles. The number of H-pyrrole nitrogens is 1. The third kappa shape index (κ3) is 4.27. The highest BCUT2D eigenvalue weighted by molar-refractivity contribution is 5.95. The van der Waals surface area contributed by atoms with Crippen molar-refractivity contribution in [2.75, 3.05) is 45.7 Å². The van der Waals surface area contributed by atoms with Crippen LogP contribution in [0.15, 0.2) is 30.5 Å². The molecule has 0 saturated carbocycles. The number of piperazine rings is 1. The van der Waals surface area contributed by atoms with Crippen LogP contribution in [-0.2, 0) is 0 Å². The van der Waals surface area contributed by atoms with Gasteiger partial charge >= 0.3 is 0 Å². The molecule has 164 valence electrons. The quantitative estimate of drug-likeness (QED) is 0.628. The molecule has 31 heavy (non-hydrogen) atoms. The maximum atomic E-state index is 13.0. The number of likely N-dealkylation sites (N-methyl/N-ethyl adjacent to an activating group) is 1. The van der Waals surface area contributed by atoms with E-state index in [1.165, 1.54) is 0 Å². The van der Waals surface area contributed by atoms with E-state index in [9.17, 15) is 4.79 Å². The lowest BCUT2D eigenvalue weighted by Crippen LogP contribution is -2.52. The lowest BCUT2D eigenvalue weighted by atomic mass is 10.1. The average molecular weight is 425 g/mol. The van der Waals surface area contributed by atoms with Gasteiger partial charge in [0.1, 0.15) is 11.4 Å². The lowest BCUT2D eigenvalue weighted by Gasteiger charge is -2.37. The molecule has 0 radical (unpaired) electrons. The smallest absolute Gasteiger partial charge is 0.254 e. The van der Waals surface area contributed by atoms with E-state index in [2.05, 4.69) is 39.1 Å². The molecule has 1 aliphatic heterocycles. The van der Waals surface area contributed by atoms with E-state index in [-0.39, 0.29) is 5.91 Å². The Balaban J connectivity index is 1.57. The van der Waals surface area contributed by atoms with Gasteiger partial charge in [0, 0.05) is 37.4 Å². The second kappa shape index (κ2) is 8.81. The fourth-order valence-electron chi connectivity index (χ4n) is 3.68. The number of anilines is 2. The molecular formula is C22H28N6O3. The molecule has 1 atom stereocenters. The molecule has 3 aromatic rings. The van der Waals surface area contributed by atoms with Crippen LogP contribution in [0.5, 0.6) is 11.6 Å². The number of nitrogens with one attached hydrogen (secondary N) is 2. The summed E-state index contributed by atoms with van der Waals surface area (Å²) in [4.78, 5) is 29.2. The number of carbonyl (C=O) groups is 1. The summed E-state index contributed by atoms with van der Waals surface area (Å²) < 4.78 is 11.2. The number of methoxy groups -OCH3 is 1. The SMILES string of the molecule is CCOc1nc(Nc2ccc(C(=O)N3CCN(C)[C@H](C)C3)cc2OC)nc2[nH]ccc12. The number of hydrogen-bond acceptors (Lipinski definition) is 7. The normalized spacial score (nSPS) is 17.0. The van der Waals surface area contributed by atoms with Gasteiger partial charge in [0.2, 0.25) is 11.8 Å². The number of carbonyl (C=O) groups excluding carboxylic acids is 1. The van der Waals surface area contributed by atoms with E-state index in [0.717, 1.165) is 11.9 Å². The molecule has 1 aromatic carbocycles. The van der Waals surface area contributed by atoms with Crippen molar-refractivity contribution in [2.45, 2.75) is 19.9 Å². The minimum atomic E-state index is 0.00693. The number of amides is 1. The van der Waals surface area contributed by atoms with E-state index in [1.807, 2.05) is 24.0 Å². The highest BCUT2D eigenvalue weighted by Crippen LogP contribution is 2.30. The van der Waals surface area contributed by atoms with Crippen LogP contribution in [-0.4, -0.2) is 77.1 Å². The monoisotopic (exact) mass is 424 g/mol. The van der Waals surface area contributed by atoms with Gasteiger partial charge in [0.05, 0.1) is 24.8 Å². The average Bonchev–Trinajstić information content (AvgIpc) is 3.24. The van der Waals surface area contributed by atoms with Crippen LogP contribution in [0.1, 0.15) is 24.2 Å². The van der Waals surface area contributed by atoms with E-state index in [1.54, 1.807) is 25.4 Å². The first-order chi connectivity index (χ1) is 15.0. The van der Waals surface area contributed by atoms with Crippen molar-refractivity contribution in [3.8, 4) is 11.6 Å². The zero-order chi connectivity index (χ0) is 22.0. The number of ether oxygens (including phenoxy) is 2. The second-order valence-electron chi connectivity index (χ2n) is 7.65. The van der Waals surface area contributed by atoms with Crippen LogP contribution < -0.4 is 14.8 Å². The predicted octanol–water partition coefficient (Wildman–Crippen LogP) is 2.88. The molecule has 1 saturated heterocycles.